The van der Waals surface area contributed by atoms with E-state index >= 15 is 0 Å². The molecule has 0 aromatic heterocycles. The van der Waals surface area contributed by atoms with E-state index in [0.717, 1.165) is 0 Å². The number of carbonyl (C=O) groups excluding carboxylic acids is 2. The fraction of sp³-hybridized carbons (Fsp3) is 0.250. The van der Waals surface area contributed by atoms with E-state index in [2.05, 4.69) is 0 Å². The molecule has 0 saturated carbocycles. The average molecular weight is 317 g/mol. The Morgan fingerprint density at radius 3 is 2.61 bits per heavy atom. The quantitative estimate of drug-likeness (QED) is 0.293. The van der Waals surface area contributed by atoms with E-state index in [1.165, 1.54) is 18.2 Å². The van der Waals surface area contributed by atoms with Crippen LogP contribution in [0, 0.1) is 15.5 Å². The number of nitro groups is 1. The Balaban J connectivity index is 2.48. The van der Waals surface area contributed by atoms with Crippen molar-refractivity contribution in [2.75, 3.05) is 6.61 Å². The predicted octanol–water partition coefficient (Wildman–Crippen LogP) is 2.09. The van der Waals surface area contributed by atoms with Crippen LogP contribution in [-0.2, 0) is 14.3 Å². The zero-order valence-corrected chi connectivity index (χ0v) is 12.4. The molecule has 0 spiro atoms. The molecule has 7 heteroatoms. The van der Waals surface area contributed by atoms with Gasteiger partial charge in [-0.2, -0.15) is 0 Å². The molecule has 1 aliphatic rings. The molecule has 0 saturated heterocycles. The highest BCUT2D eigenvalue weighted by molar-refractivity contribution is 5.99. The van der Waals surface area contributed by atoms with Gasteiger partial charge in [-0.15, -0.1) is 0 Å². The third-order valence-corrected chi connectivity index (χ3v) is 3.63. The van der Waals surface area contributed by atoms with Crippen molar-refractivity contribution in [3.05, 3.63) is 57.8 Å². The summed E-state index contributed by atoms with van der Waals surface area (Å²) in [6, 6.07) is 6.08. The van der Waals surface area contributed by atoms with Gasteiger partial charge in [-0.05, 0) is 36.6 Å². The molecule has 1 unspecified atom stereocenters. The Morgan fingerprint density at radius 2 is 2.09 bits per heavy atom. The van der Waals surface area contributed by atoms with Gasteiger partial charge in [0.2, 0.25) is 5.41 Å². The lowest BCUT2D eigenvalue weighted by molar-refractivity contribution is -0.436. The fourth-order valence-corrected chi connectivity index (χ4v) is 2.39. The van der Waals surface area contributed by atoms with E-state index in [1.807, 2.05) is 0 Å². The van der Waals surface area contributed by atoms with Gasteiger partial charge in [-0.25, -0.2) is 0 Å². The first-order chi connectivity index (χ1) is 10.9. The van der Waals surface area contributed by atoms with Gasteiger partial charge < -0.3 is 14.6 Å². The van der Waals surface area contributed by atoms with Gasteiger partial charge in [-0.1, -0.05) is 18.2 Å². The number of nitrogens with zero attached hydrogens (tertiary/aromatic N) is 1. The molecule has 2 rings (SSSR count). The number of benzene rings is 1. The Bertz CT molecular complexity index is 704. The molecule has 0 fully saturated rings. The first kappa shape index (κ1) is 16.4. The Hall–Kier alpha value is -2.96. The summed E-state index contributed by atoms with van der Waals surface area (Å²) in [6.07, 6.45) is 2.88. The van der Waals surface area contributed by atoms with Crippen LogP contribution in [0.2, 0.25) is 0 Å². The van der Waals surface area contributed by atoms with Crippen molar-refractivity contribution in [2.24, 2.45) is 5.41 Å². The number of rotatable bonds is 5. The monoisotopic (exact) mass is 317 g/mol. The van der Waals surface area contributed by atoms with Crippen molar-refractivity contribution >= 4 is 17.8 Å². The largest absolute Gasteiger partial charge is 0.508 e. The average Bonchev–Trinajstić information content (AvgIpc) is 2.55. The molecular weight excluding hydrogens is 302 g/mol. The van der Waals surface area contributed by atoms with E-state index in [4.69, 9.17) is 4.74 Å². The minimum Gasteiger partial charge on any atom is -0.508 e. The molecule has 0 heterocycles. The third-order valence-electron chi connectivity index (χ3n) is 3.63. The summed E-state index contributed by atoms with van der Waals surface area (Å²) in [6.45, 7) is 1.58. The molecule has 1 aromatic carbocycles. The molecule has 1 atom stereocenters. The number of aldehydes is 1. The molecule has 0 radical (unpaired) electrons. The van der Waals surface area contributed by atoms with Gasteiger partial charge in [0, 0.05) is 6.08 Å². The van der Waals surface area contributed by atoms with Gasteiger partial charge in [-0.3, -0.25) is 14.9 Å². The van der Waals surface area contributed by atoms with E-state index < -0.39 is 22.0 Å². The van der Waals surface area contributed by atoms with Gasteiger partial charge >= 0.3 is 5.97 Å². The maximum atomic E-state index is 12.1. The smallest absolute Gasteiger partial charge is 0.330 e. The SMILES string of the molecule is CCOC(=O)C1(C=O)CC=C(c2ccc(O)cc2)C=C1[N+](=O)[O-]. The number of esters is 1. The summed E-state index contributed by atoms with van der Waals surface area (Å²) < 4.78 is 4.83. The molecule has 0 amide bonds. The molecule has 0 aliphatic heterocycles. The topological polar surface area (TPSA) is 107 Å². The summed E-state index contributed by atoms with van der Waals surface area (Å²) in [5.41, 5.74) is -1.32. The van der Waals surface area contributed by atoms with Crippen LogP contribution in [-0.4, -0.2) is 28.9 Å². The molecular formula is C16H15NO6. The summed E-state index contributed by atoms with van der Waals surface area (Å²) in [4.78, 5) is 34.2. The van der Waals surface area contributed by atoms with Gasteiger partial charge in [0.05, 0.1) is 11.5 Å². The third kappa shape index (κ3) is 2.98. The summed E-state index contributed by atoms with van der Waals surface area (Å²) in [7, 11) is 0. The molecule has 120 valence electrons. The van der Waals surface area contributed by atoms with Crippen molar-refractivity contribution in [3.63, 3.8) is 0 Å². The predicted molar refractivity (Wildman–Crippen MR) is 80.9 cm³/mol. The van der Waals surface area contributed by atoms with Crippen molar-refractivity contribution in [1.82, 2.24) is 0 Å². The second-order valence-electron chi connectivity index (χ2n) is 5.01. The zero-order chi connectivity index (χ0) is 17.0. The van der Waals surface area contributed by atoms with Crippen molar-refractivity contribution in [2.45, 2.75) is 13.3 Å². The first-order valence-electron chi connectivity index (χ1n) is 6.94. The van der Waals surface area contributed by atoms with E-state index in [-0.39, 0.29) is 25.1 Å². The molecule has 1 aliphatic carbocycles. The number of phenolic OH excluding ortho intramolecular Hbond substituents is 1. The number of carbonyl (C=O) groups is 2. The van der Waals surface area contributed by atoms with Crippen LogP contribution in [0.4, 0.5) is 0 Å². The number of phenols is 1. The minimum atomic E-state index is -1.93. The maximum Gasteiger partial charge on any atom is 0.330 e. The normalized spacial score (nSPS) is 20.2. The van der Waals surface area contributed by atoms with Crippen LogP contribution in [0.1, 0.15) is 18.9 Å². The number of hydrogen-bond acceptors (Lipinski definition) is 6. The lowest BCUT2D eigenvalue weighted by atomic mass is 9.77. The van der Waals surface area contributed by atoms with Crippen LogP contribution < -0.4 is 0 Å². The zero-order valence-electron chi connectivity index (χ0n) is 12.4. The fourth-order valence-electron chi connectivity index (χ4n) is 2.39. The Kier molecular flexibility index (Phi) is 4.59. The van der Waals surface area contributed by atoms with Crippen LogP contribution in [0.5, 0.6) is 5.75 Å². The van der Waals surface area contributed by atoms with Crippen LogP contribution in [0.25, 0.3) is 5.57 Å². The number of ether oxygens (including phenoxy) is 1. The highest BCUT2D eigenvalue weighted by Gasteiger charge is 2.52. The van der Waals surface area contributed by atoms with E-state index in [0.29, 0.717) is 11.1 Å². The summed E-state index contributed by atoms with van der Waals surface area (Å²) >= 11 is 0. The summed E-state index contributed by atoms with van der Waals surface area (Å²) in [5, 5.41) is 20.7. The van der Waals surface area contributed by atoms with Crippen LogP contribution in [0.15, 0.2) is 42.1 Å². The van der Waals surface area contributed by atoms with Crippen molar-refractivity contribution in [3.8, 4) is 5.75 Å². The standard InChI is InChI=1S/C16H15NO6/c1-2-23-15(20)16(10-18)8-7-12(9-14(16)17(21)22)11-3-5-13(19)6-4-11/h3-7,9-10,19H,2,8H2,1H3. The van der Waals surface area contributed by atoms with Crippen LogP contribution >= 0.6 is 0 Å². The number of hydrogen-bond donors (Lipinski definition) is 1. The van der Waals surface area contributed by atoms with Crippen molar-refractivity contribution in [1.29, 1.82) is 0 Å². The highest BCUT2D eigenvalue weighted by atomic mass is 16.6. The molecule has 23 heavy (non-hydrogen) atoms. The van der Waals surface area contributed by atoms with E-state index in [9.17, 15) is 24.8 Å². The second-order valence-corrected chi connectivity index (χ2v) is 5.01. The molecule has 0 bridgehead atoms. The number of aromatic hydroxyl groups is 1. The van der Waals surface area contributed by atoms with Gasteiger partial charge in [0.25, 0.3) is 5.70 Å². The molecule has 7 nitrogen and oxygen atoms in total. The highest BCUT2D eigenvalue weighted by Crippen LogP contribution is 2.39. The van der Waals surface area contributed by atoms with Gasteiger partial charge in [0.15, 0.2) is 0 Å². The minimum absolute atomic E-state index is 0.0218. The second kappa shape index (κ2) is 6.43. The van der Waals surface area contributed by atoms with E-state index in [1.54, 1.807) is 25.1 Å². The Labute approximate surface area is 132 Å². The molecule has 1 aromatic rings. The lowest BCUT2D eigenvalue weighted by Crippen LogP contribution is -2.40. The van der Waals surface area contributed by atoms with Crippen LogP contribution in [0.3, 0.4) is 0 Å². The lowest BCUT2D eigenvalue weighted by Gasteiger charge is -2.25. The molecule has 1 N–H and O–H groups in total. The first-order valence-corrected chi connectivity index (χ1v) is 6.94. The summed E-state index contributed by atoms with van der Waals surface area (Å²) in [5.74, 6) is -0.864. The number of allylic oxidation sites excluding steroid dienone is 3. The Morgan fingerprint density at radius 1 is 1.43 bits per heavy atom. The maximum absolute atomic E-state index is 12.1. The van der Waals surface area contributed by atoms with Gasteiger partial charge in [0.1, 0.15) is 12.0 Å². The van der Waals surface area contributed by atoms with Crippen molar-refractivity contribution < 1.29 is 24.4 Å².